The molecular weight excluding hydrogens is 330 g/mol. The minimum Gasteiger partial charge on any atom is -0.480 e. The smallest absolute Gasteiger partial charge is 0.321 e. The van der Waals surface area contributed by atoms with Gasteiger partial charge in [-0.15, -0.1) is 0 Å². The van der Waals surface area contributed by atoms with E-state index in [-0.39, 0.29) is 12.3 Å². The van der Waals surface area contributed by atoms with E-state index in [9.17, 15) is 14.7 Å². The first-order valence-corrected chi connectivity index (χ1v) is 8.58. The van der Waals surface area contributed by atoms with Crippen LogP contribution >= 0.6 is 11.6 Å². The van der Waals surface area contributed by atoms with Crippen molar-refractivity contribution < 1.29 is 14.7 Å². The van der Waals surface area contributed by atoms with Crippen molar-refractivity contribution in [3.05, 3.63) is 29.3 Å². The lowest BCUT2D eigenvalue weighted by atomic mass is 10.2. The van der Waals surface area contributed by atoms with E-state index in [1.54, 1.807) is 24.3 Å². The predicted octanol–water partition coefficient (Wildman–Crippen LogP) is 2.44. The summed E-state index contributed by atoms with van der Waals surface area (Å²) in [6.07, 6.45) is 0.716. The largest absolute Gasteiger partial charge is 0.480 e. The van der Waals surface area contributed by atoms with Crippen LogP contribution in [-0.4, -0.2) is 54.1 Å². The van der Waals surface area contributed by atoms with E-state index in [0.717, 1.165) is 26.1 Å². The topological polar surface area (TPSA) is 81.7 Å². The van der Waals surface area contributed by atoms with Crippen LogP contribution in [0.4, 0.5) is 5.69 Å². The Labute approximate surface area is 148 Å². The molecule has 0 aliphatic rings. The molecule has 0 saturated carbocycles. The van der Waals surface area contributed by atoms with Crippen LogP contribution in [0.3, 0.4) is 0 Å². The van der Waals surface area contributed by atoms with Gasteiger partial charge >= 0.3 is 5.97 Å². The van der Waals surface area contributed by atoms with Gasteiger partial charge in [-0.2, -0.15) is 0 Å². The first-order valence-electron chi connectivity index (χ1n) is 8.20. The van der Waals surface area contributed by atoms with Gasteiger partial charge in [0.15, 0.2) is 0 Å². The molecular formula is C17H26ClN3O3. The number of benzene rings is 1. The highest BCUT2D eigenvalue weighted by Crippen LogP contribution is 2.13. The highest BCUT2D eigenvalue weighted by molar-refractivity contribution is 6.30. The molecule has 0 spiro atoms. The summed E-state index contributed by atoms with van der Waals surface area (Å²) in [5.41, 5.74) is 0.593. The molecule has 0 radical (unpaired) electrons. The van der Waals surface area contributed by atoms with Crippen LogP contribution in [0.25, 0.3) is 0 Å². The summed E-state index contributed by atoms with van der Waals surface area (Å²) in [7, 11) is 0. The second-order valence-corrected chi connectivity index (χ2v) is 5.92. The SMILES string of the molecule is CCN(CC)CCCN[C@@H](CC(=O)Nc1ccc(Cl)cc1)C(=O)O. The average Bonchev–Trinajstić information content (AvgIpc) is 2.55. The predicted molar refractivity (Wildman–Crippen MR) is 96.5 cm³/mol. The molecule has 3 N–H and O–H groups in total. The number of rotatable bonds is 11. The van der Waals surface area contributed by atoms with Gasteiger partial charge in [0.2, 0.25) is 5.91 Å². The van der Waals surface area contributed by atoms with Crippen molar-refractivity contribution in [2.45, 2.75) is 32.7 Å². The van der Waals surface area contributed by atoms with Crippen molar-refractivity contribution in [2.24, 2.45) is 0 Å². The lowest BCUT2D eigenvalue weighted by Crippen LogP contribution is -2.41. The van der Waals surface area contributed by atoms with Gasteiger partial charge < -0.3 is 20.6 Å². The molecule has 0 heterocycles. The minimum atomic E-state index is -1.02. The lowest BCUT2D eigenvalue weighted by molar-refractivity contribution is -0.141. The number of amides is 1. The summed E-state index contributed by atoms with van der Waals surface area (Å²) >= 11 is 5.78. The van der Waals surface area contributed by atoms with Crippen molar-refractivity contribution in [2.75, 3.05) is 31.5 Å². The monoisotopic (exact) mass is 355 g/mol. The van der Waals surface area contributed by atoms with Gasteiger partial charge in [0, 0.05) is 10.7 Å². The normalized spacial score (nSPS) is 12.2. The zero-order valence-electron chi connectivity index (χ0n) is 14.2. The maximum absolute atomic E-state index is 12.0. The molecule has 0 unspecified atom stereocenters. The third-order valence-electron chi connectivity index (χ3n) is 3.75. The van der Waals surface area contributed by atoms with Gasteiger partial charge in [0.05, 0.1) is 6.42 Å². The van der Waals surface area contributed by atoms with Crippen molar-refractivity contribution in [1.29, 1.82) is 0 Å². The standard InChI is InChI=1S/C17H26ClN3O3/c1-3-21(4-2)11-5-10-19-15(17(23)24)12-16(22)20-14-8-6-13(18)7-9-14/h6-9,15,19H,3-5,10-12H2,1-2H3,(H,20,22)(H,23,24)/t15-/m0/s1. The number of carboxylic acids is 1. The van der Waals surface area contributed by atoms with Crippen LogP contribution in [0.15, 0.2) is 24.3 Å². The molecule has 1 amide bonds. The number of carboxylic acid groups (broad SMARTS) is 1. The third-order valence-corrected chi connectivity index (χ3v) is 4.00. The summed E-state index contributed by atoms with van der Waals surface area (Å²) < 4.78 is 0. The minimum absolute atomic E-state index is 0.122. The molecule has 0 aromatic heterocycles. The van der Waals surface area contributed by atoms with Crippen LogP contribution in [0.2, 0.25) is 5.02 Å². The molecule has 1 aromatic carbocycles. The number of aliphatic carboxylic acids is 1. The van der Waals surface area contributed by atoms with E-state index >= 15 is 0 Å². The van der Waals surface area contributed by atoms with Gasteiger partial charge in [-0.05, 0) is 56.9 Å². The number of hydrogen-bond donors (Lipinski definition) is 3. The van der Waals surface area contributed by atoms with Crippen LogP contribution in [-0.2, 0) is 9.59 Å². The Bertz CT molecular complexity index is 518. The maximum Gasteiger partial charge on any atom is 0.321 e. The van der Waals surface area contributed by atoms with E-state index in [1.807, 2.05) is 0 Å². The Hall–Kier alpha value is -1.63. The van der Waals surface area contributed by atoms with Crippen LogP contribution in [0, 0.1) is 0 Å². The maximum atomic E-state index is 12.0. The second kappa shape index (κ2) is 11.0. The molecule has 1 aromatic rings. The number of hydrogen-bond acceptors (Lipinski definition) is 4. The fraction of sp³-hybridized carbons (Fsp3) is 0.529. The summed E-state index contributed by atoms with van der Waals surface area (Å²) in [6, 6.07) is 5.78. The molecule has 7 heteroatoms. The van der Waals surface area contributed by atoms with Gasteiger partial charge in [0.25, 0.3) is 0 Å². The number of anilines is 1. The first-order chi connectivity index (χ1) is 11.5. The van der Waals surface area contributed by atoms with Gasteiger partial charge in [-0.1, -0.05) is 25.4 Å². The van der Waals surface area contributed by atoms with Crippen LogP contribution < -0.4 is 10.6 Å². The second-order valence-electron chi connectivity index (χ2n) is 5.48. The highest BCUT2D eigenvalue weighted by atomic mass is 35.5. The fourth-order valence-corrected chi connectivity index (χ4v) is 2.42. The molecule has 0 bridgehead atoms. The molecule has 24 heavy (non-hydrogen) atoms. The molecule has 134 valence electrons. The van der Waals surface area contributed by atoms with Gasteiger partial charge in [-0.3, -0.25) is 9.59 Å². The Morgan fingerprint density at radius 2 is 1.83 bits per heavy atom. The Morgan fingerprint density at radius 3 is 2.38 bits per heavy atom. The van der Waals surface area contributed by atoms with Crippen LogP contribution in [0.1, 0.15) is 26.7 Å². The quantitative estimate of drug-likeness (QED) is 0.531. The van der Waals surface area contributed by atoms with Crippen molar-refractivity contribution in [3.63, 3.8) is 0 Å². The number of carbonyl (C=O) groups is 2. The third kappa shape index (κ3) is 7.77. The molecule has 0 fully saturated rings. The summed E-state index contributed by atoms with van der Waals surface area (Å²) in [5, 5.41) is 15.4. The van der Waals surface area contributed by atoms with Crippen LogP contribution in [0.5, 0.6) is 0 Å². The zero-order valence-corrected chi connectivity index (χ0v) is 15.0. The molecule has 6 nitrogen and oxygen atoms in total. The van der Waals surface area contributed by atoms with E-state index in [0.29, 0.717) is 17.3 Å². The average molecular weight is 356 g/mol. The molecule has 1 atom stereocenters. The number of nitrogens with one attached hydrogen (secondary N) is 2. The Balaban J connectivity index is 2.40. The first kappa shape index (κ1) is 20.4. The molecule has 1 rings (SSSR count). The van der Waals surface area contributed by atoms with E-state index in [4.69, 9.17) is 11.6 Å². The number of nitrogens with zero attached hydrogens (tertiary/aromatic N) is 1. The Morgan fingerprint density at radius 1 is 1.21 bits per heavy atom. The summed E-state index contributed by atoms with van der Waals surface area (Å²) in [5.74, 6) is -1.37. The fourth-order valence-electron chi connectivity index (χ4n) is 2.30. The summed E-state index contributed by atoms with van der Waals surface area (Å²) in [4.78, 5) is 25.6. The van der Waals surface area contributed by atoms with E-state index in [2.05, 4.69) is 29.4 Å². The van der Waals surface area contributed by atoms with Gasteiger partial charge in [0.1, 0.15) is 6.04 Å². The van der Waals surface area contributed by atoms with Crippen molar-refractivity contribution in [3.8, 4) is 0 Å². The highest BCUT2D eigenvalue weighted by Gasteiger charge is 2.20. The number of carbonyl (C=O) groups excluding carboxylic acids is 1. The molecule has 0 saturated heterocycles. The Kier molecular flexibility index (Phi) is 9.37. The van der Waals surface area contributed by atoms with E-state index in [1.165, 1.54) is 0 Å². The lowest BCUT2D eigenvalue weighted by Gasteiger charge is -2.19. The summed E-state index contributed by atoms with van der Waals surface area (Å²) in [6.45, 7) is 7.60. The van der Waals surface area contributed by atoms with Crippen molar-refractivity contribution in [1.82, 2.24) is 10.2 Å². The van der Waals surface area contributed by atoms with Gasteiger partial charge in [-0.25, -0.2) is 0 Å². The molecule has 0 aliphatic heterocycles. The van der Waals surface area contributed by atoms with E-state index < -0.39 is 12.0 Å². The number of halogens is 1. The molecule has 0 aliphatic carbocycles. The van der Waals surface area contributed by atoms with Crippen molar-refractivity contribution >= 4 is 29.2 Å². The zero-order chi connectivity index (χ0) is 17.9.